The van der Waals surface area contributed by atoms with Crippen LogP contribution in [0.4, 0.5) is 0 Å². The fraction of sp³-hybridized carbons (Fsp3) is 0.977. The molecule has 49 heavy (non-hydrogen) atoms. The van der Waals surface area contributed by atoms with Gasteiger partial charge in [-0.25, -0.2) is 0 Å². The zero-order valence-corrected chi connectivity index (χ0v) is 34.0. The van der Waals surface area contributed by atoms with Gasteiger partial charge in [0, 0.05) is 12.5 Å². The number of carbonyl (C=O) groups excluding carboxylic acids is 1. The maximum atomic E-state index is 11.6. The molecule has 4 nitrogen and oxygen atoms in total. The van der Waals surface area contributed by atoms with Crippen LogP contribution in [0.15, 0.2) is 0 Å². The van der Waals surface area contributed by atoms with Crippen molar-refractivity contribution < 1.29 is 20.1 Å². The molecule has 0 radical (unpaired) electrons. The van der Waals surface area contributed by atoms with Gasteiger partial charge in [-0.3, -0.25) is 0 Å². The Kier molecular flexibility index (Phi) is 11.1. The van der Waals surface area contributed by atoms with Crippen molar-refractivity contribution in [2.75, 3.05) is 19.9 Å². The summed E-state index contributed by atoms with van der Waals surface area (Å²) in [6.07, 6.45) is 23.3. The van der Waals surface area contributed by atoms with Crippen molar-refractivity contribution in [2.45, 2.75) is 168 Å². The minimum absolute atomic E-state index is 0.284. The number of rotatable bonds is 2. The normalized spacial score (nSPS) is 55.7. The van der Waals surface area contributed by atoms with Crippen molar-refractivity contribution in [2.24, 2.45) is 80.8 Å². The maximum absolute atomic E-state index is 11.6. The van der Waals surface area contributed by atoms with E-state index in [1.165, 1.54) is 89.8 Å². The number of fused-ring (bicyclic) bond motifs is 10. The number of aliphatic hydroxyl groups is 3. The molecule has 8 fully saturated rings. The van der Waals surface area contributed by atoms with Crippen LogP contribution in [-0.4, -0.2) is 52.7 Å². The molecule has 16 atom stereocenters. The van der Waals surface area contributed by atoms with Gasteiger partial charge in [0.1, 0.15) is 6.29 Å². The van der Waals surface area contributed by atoms with Crippen LogP contribution in [0.5, 0.6) is 0 Å². The van der Waals surface area contributed by atoms with Crippen molar-refractivity contribution in [3.8, 4) is 0 Å². The molecule has 8 aliphatic rings. The van der Waals surface area contributed by atoms with Crippen molar-refractivity contribution in [3.05, 3.63) is 0 Å². The van der Waals surface area contributed by atoms with Gasteiger partial charge in [0.25, 0.3) is 0 Å². The van der Waals surface area contributed by atoms with Gasteiger partial charge in [-0.05, 0) is 218 Å². The molecule has 0 amide bonds. The quantitative estimate of drug-likeness (QED) is 0.198. The Hall–Kier alpha value is -0.0200. The molecule has 8 aliphatic carbocycles. The lowest BCUT2D eigenvalue weighted by Gasteiger charge is -2.61. The summed E-state index contributed by atoms with van der Waals surface area (Å²) in [5, 5.41) is 30.9. The zero-order valence-electron chi connectivity index (χ0n) is 33.0. The van der Waals surface area contributed by atoms with Gasteiger partial charge in [-0.2, -0.15) is 0 Å². The van der Waals surface area contributed by atoms with Crippen LogP contribution < -0.4 is 0 Å². The van der Waals surface area contributed by atoms with E-state index in [1.807, 2.05) is 6.92 Å². The second-order valence-corrected chi connectivity index (χ2v) is 22.1. The average molecular weight is 701 g/mol. The van der Waals surface area contributed by atoms with E-state index < -0.39 is 11.2 Å². The molecule has 5 heteroatoms. The second kappa shape index (κ2) is 14.0. The van der Waals surface area contributed by atoms with E-state index >= 15 is 0 Å². The molecule has 0 spiro atoms. The van der Waals surface area contributed by atoms with Gasteiger partial charge in [-0.1, -0.05) is 27.7 Å². The molecule has 0 heterocycles. The van der Waals surface area contributed by atoms with Crippen molar-refractivity contribution in [3.63, 3.8) is 0 Å². The molecule has 3 N–H and O–H groups in total. The Morgan fingerprint density at radius 3 is 1.45 bits per heavy atom. The minimum atomic E-state index is -0.434. The molecule has 0 aromatic heterocycles. The third-order valence-electron chi connectivity index (χ3n) is 18.6. The van der Waals surface area contributed by atoms with Gasteiger partial charge in [0.05, 0.1) is 11.2 Å². The zero-order chi connectivity index (χ0) is 35.6. The first-order valence-corrected chi connectivity index (χ1v) is 23.1. The highest BCUT2D eigenvalue weighted by molar-refractivity contribution is 7.35. The summed E-state index contributed by atoms with van der Waals surface area (Å²) in [7, 11) is 1.08. The fourth-order valence-electron chi connectivity index (χ4n) is 15.5. The maximum Gasteiger partial charge on any atom is 0.123 e. The number of hydrogen-bond acceptors (Lipinski definition) is 4. The van der Waals surface area contributed by atoms with Crippen LogP contribution in [-0.2, 0) is 4.79 Å². The smallest absolute Gasteiger partial charge is 0.123 e. The van der Waals surface area contributed by atoms with E-state index in [0.29, 0.717) is 40.6 Å². The molecule has 0 aliphatic heterocycles. The van der Waals surface area contributed by atoms with Crippen molar-refractivity contribution >= 4 is 14.9 Å². The number of aliphatic hydroxyl groups excluding tert-OH is 1. The summed E-state index contributed by atoms with van der Waals surface area (Å²) in [6, 6.07) is 0. The summed E-state index contributed by atoms with van der Waals surface area (Å²) >= 11 is 0. The molecule has 0 saturated heterocycles. The van der Waals surface area contributed by atoms with E-state index in [1.54, 1.807) is 0 Å². The molecule has 8 rings (SSSR count). The predicted octanol–water partition coefficient (Wildman–Crippen LogP) is 9.91. The standard InChI is InChI=1S/C21H36O2.C21H34O2.C2H7P/c2*1-19(23)10-11-21(3)14(12-19)4-6-16-17-7-5-15(13-22)20(17,2)9-8-18(16)21;1-3-2/h14-18,22-23H,4-13H2,1-3H3;13-18,23H,4-12H2,1-3H3;3H,1-2H3/t2*14?,15-,16+,17+,18?,19-,20-,21+;/m11./s1. The van der Waals surface area contributed by atoms with E-state index in [0.717, 1.165) is 82.1 Å². The van der Waals surface area contributed by atoms with E-state index in [2.05, 4.69) is 47.9 Å². The van der Waals surface area contributed by atoms with Crippen LogP contribution in [0.2, 0.25) is 0 Å². The molecule has 0 aromatic rings. The van der Waals surface area contributed by atoms with Crippen LogP contribution in [0.25, 0.3) is 0 Å². The van der Waals surface area contributed by atoms with Crippen molar-refractivity contribution in [1.29, 1.82) is 0 Å². The lowest BCUT2D eigenvalue weighted by molar-refractivity contribution is -0.147. The molecule has 4 unspecified atom stereocenters. The third-order valence-corrected chi connectivity index (χ3v) is 18.6. The van der Waals surface area contributed by atoms with E-state index in [-0.39, 0.29) is 5.41 Å². The molecule has 0 bridgehead atoms. The van der Waals surface area contributed by atoms with Gasteiger partial charge in [0.2, 0.25) is 0 Å². The summed E-state index contributed by atoms with van der Waals surface area (Å²) < 4.78 is 0. The van der Waals surface area contributed by atoms with E-state index in [4.69, 9.17) is 0 Å². The van der Waals surface area contributed by atoms with Crippen molar-refractivity contribution in [1.82, 2.24) is 0 Å². The Morgan fingerprint density at radius 1 is 0.551 bits per heavy atom. The average Bonchev–Trinajstić information content (AvgIpc) is 3.58. The predicted molar refractivity (Wildman–Crippen MR) is 205 cm³/mol. The number of carbonyl (C=O) groups is 1. The Morgan fingerprint density at radius 2 is 0.980 bits per heavy atom. The largest absolute Gasteiger partial charge is 0.396 e. The van der Waals surface area contributed by atoms with Gasteiger partial charge in [0.15, 0.2) is 0 Å². The van der Waals surface area contributed by atoms with Gasteiger partial charge >= 0.3 is 0 Å². The molecule has 8 saturated carbocycles. The first-order valence-electron chi connectivity index (χ1n) is 21.1. The van der Waals surface area contributed by atoms with Crippen LogP contribution in [0, 0.1) is 80.8 Å². The summed E-state index contributed by atoms with van der Waals surface area (Å²) in [5.41, 5.74) is 0.729. The SMILES string of the molecule is CPC.C[C@@]1(O)CC[C@@]2(C)C(CC[C@@H]3C2CC[C@]2(C)[C@@H](C=O)CC[C@@H]32)C1.C[C@@]1(O)CC[C@@]2(C)C(CC[C@@H]3C2CC[C@]2(C)[C@@H](CO)CC[C@@H]32)C1. The minimum Gasteiger partial charge on any atom is -0.396 e. The van der Waals surface area contributed by atoms with Gasteiger partial charge in [-0.15, -0.1) is 8.58 Å². The van der Waals surface area contributed by atoms with Crippen LogP contribution in [0.1, 0.15) is 157 Å². The fourth-order valence-corrected chi connectivity index (χ4v) is 15.5. The lowest BCUT2D eigenvalue weighted by atomic mass is 9.44. The topological polar surface area (TPSA) is 77.8 Å². The summed E-state index contributed by atoms with van der Waals surface area (Å²) in [5.74, 6) is 7.34. The Bertz CT molecular complexity index is 1170. The first-order chi connectivity index (χ1) is 23.0. The van der Waals surface area contributed by atoms with Crippen LogP contribution in [0.3, 0.4) is 0 Å². The number of hydrogen-bond donors (Lipinski definition) is 3. The highest BCUT2D eigenvalue weighted by atomic mass is 31.1. The third kappa shape index (κ3) is 6.60. The van der Waals surface area contributed by atoms with E-state index in [9.17, 15) is 20.1 Å². The Labute approximate surface area is 303 Å². The number of aldehydes is 1. The summed E-state index contributed by atoms with van der Waals surface area (Å²) in [6.45, 7) is 18.8. The second-order valence-electron chi connectivity index (χ2n) is 21.1. The molecule has 282 valence electrons. The molecule has 0 aromatic carbocycles. The molecular weight excluding hydrogens is 623 g/mol. The Balaban J connectivity index is 0.000000158. The molecular formula is C44H77O4P. The summed E-state index contributed by atoms with van der Waals surface area (Å²) in [4.78, 5) is 11.6. The lowest BCUT2D eigenvalue weighted by Crippen LogP contribution is -2.55. The van der Waals surface area contributed by atoms with Crippen LogP contribution >= 0.6 is 8.58 Å². The van der Waals surface area contributed by atoms with Gasteiger partial charge < -0.3 is 20.1 Å². The first kappa shape index (κ1) is 38.7. The monoisotopic (exact) mass is 701 g/mol. The highest BCUT2D eigenvalue weighted by Gasteiger charge is 2.62. The highest BCUT2D eigenvalue weighted by Crippen LogP contribution is 2.69.